The first-order chi connectivity index (χ1) is 17.1. The Balaban J connectivity index is 1.53. The molecule has 1 aliphatic carbocycles. The minimum absolute atomic E-state index is 0.0482. The summed E-state index contributed by atoms with van der Waals surface area (Å²) in [7, 11) is 0. The molecule has 2 N–H and O–H groups in total. The summed E-state index contributed by atoms with van der Waals surface area (Å²) in [5, 5.41) is 10.00. The fourth-order valence-corrected chi connectivity index (χ4v) is 5.45. The van der Waals surface area contributed by atoms with Crippen molar-refractivity contribution in [2.45, 2.75) is 51.0 Å². The summed E-state index contributed by atoms with van der Waals surface area (Å²) in [6.45, 7) is 3.01. The van der Waals surface area contributed by atoms with Gasteiger partial charge in [-0.3, -0.25) is 9.59 Å². The first kappa shape index (κ1) is 25.0. The monoisotopic (exact) mass is 587 g/mol. The molecule has 2 fully saturated rings. The minimum Gasteiger partial charge on any atom is -0.360 e. The Morgan fingerprint density at radius 3 is 2.75 bits per heavy atom. The van der Waals surface area contributed by atoms with Crippen LogP contribution in [0.1, 0.15) is 31.0 Å². The number of aromatic nitrogens is 4. The first-order valence-electron chi connectivity index (χ1n) is 11.4. The predicted molar refractivity (Wildman–Crippen MR) is 132 cm³/mol. The second kappa shape index (κ2) is 9.34. The van der Waals surface area contributed by atoms with Gasteiger partial charge in [-0.2, -0.15) is 22.7 Å². The van der Waals surface area contributed by atoms with E-state index in [4.69, 9.17) is 11.6 Å². The average Bonchev–Trinajstić information content (AvgIpc) is 3.18. The Kier molecular flexibility index (Phi) is 6.50. The molecule has 36 heavy (non-hydrogen) atoms. The van der Waals surface area contributed by atoms with Crippen LogP contribution in [0.4, 0.5) is 24.5 Å². The van der Waals surface area contributed by atoms with Crippen molar-refractivity contribution in [3.05, 3.63) is 49.6 Å². The molecular formula is C22H22BrClF3N7O2. The van der Waals surface area contributed by atoms with Crippen LogP contribution in [-0.4, -0.2) is 50.2 Å². The van der Waals surface area contributed by atoms with Gasteiger partial charge in [0.1, 0.15) is 12.2 Å². The number of halogens is 5. The zero-order valence-corrected chi connectivity index (χ0v) is 21.4. The fraction of sp³-hybridized carbons (Fsp3) is 0.455. The standard InChI is InChI=1S/C22H22BrClF3N7O2/c1-2-15-18(32-8-7-28-14-5-6-16(14)32)19(36)34-21(30-20(23)31-34)33(15)10-17(35)29-13-4-3-11(9-12(13)24)22(25,26)27/h3-4,9,14,16,28H,2,5-8,10H2,1H3,(H,29,35)/t14-,16-/m1/s1. The predicted octanol–water partition coefficient (Wildman–Crippen LogP) is 3.47. The van der Waals surface area contributed by atoms with Gasteiger partial charge in [-0.05, 0) is 53.4 Å². The van der Waals surface area contributed by atoms with Gasteiger partial charge in [0.25, 0.3) is 5.56 Å². The molecule has 1 aliphatic heterocycles. The number of benzene rings is 1. The van der Waals surface area contributed by atoms with Gasteiger partial charge in [0.15, 0.2) is 0 Å². The van der Waals surface area contributed by atoms with Crippen LogP contribution in [0, 0.1) is 0 Å². The molecule has 2 aliphatic rings. The molecule has 0 unspecified atom stereocenters. The summed E-state index contributed by atoms with van der Waals surface area (Å²) < 4.78 is 41.9. The molecule has 0 bridgehead atoms. The highest BCUT2D eigenvalue weighted by Gasteiger charge is 2.40. The van der Waals surface area contributed by atoms with Crippen LogP contribution < -0.4 is 21.1 Å². The molecule has 2 atom stereocenters. The lowest BCUT2D eigenvalue weighted by Gasteiger charge is -2.50. The van der Waals surface area contributed by atoms with Crippen molar-refractivity contribution in [2.75, 3.05) is 23.3 Å². The Hall–Kier alpha value is -2.64. The quantitative estimate of drug-likeness (QED) is 0.474. The lowest BCUT2D eigenvalue weighted by atomic mass is 9.83. The number of anilines is 2. The summed E-state index contributed by atoms with van der Waals surface area (Å²) in [5.41, 5.74) is -0.0566. The largest absolute Gasteiger partial charge is 0.416 e. The molecule has 0 spiro atoms. The third kappa shape index (κ3) is 4.37. The van der Waals surface area contributed by atoms with Gasteiger partial charge < -0.3 is 20.1 Å². The molecule has 0 radical (unpaired) electrons. The molecule has 5 rings (SSSR count). The number of amides is 1. The molecule has 192 valence electrons. The van der Waals surface area contributed by atoms with E-state index < -0.39 is 17.6 Å². The second-order valence-electron chi connectivity index (χ2n) is 8.77. The minimum atomic E-state index is -4.55. The van der Waals surface area contributed by atoms with Crippen molar-refractivity contribution in [3.63, 3.8) is 0 Å². The first-order valence-corrected chi connectivity index (χ1v) is 12.6. The van der Waals surface area contributed by atoms with Crippen LogP contribution in [0.2, 0.25) is 5.02 Å². The van der Waals surface area contributed by atoms with Crippen LogP contribution in [0.15, 0.2) is 27.7 Å². The molecule has 14 heteroatoms. The van der Waals surface area contributed by atoms with Crippen LogP contribution in [0.5, 0.6) is 0 Å². The van der Waals surface area contributed by atoms with Crippen molar-refractivity contribution in [3.8, 4) is 0 Å². The highest BCUT2D eigenvalue weighted by molar-refractivity contribution is 9.10. The fourth-order valence-electron chi connectivity index (χ4n) is 4.91. The Labute approximate surface area is 216 Å². The Morgan fingerprint density at radius 1 is 1.33 bits per heavy atom. The molecule has 3 heterocycles. The smallest absolute Gasteiger partial charge is 0.360 e. The molecule has 9 nitrogen and oxygen atoms in total. The van der Waals surface area contributed by atoms with Gasteiger partial charge in [0, 0.05) is 25.2 Å². The molecule has 2 aromatic heterocycles. The van der Waals surface area contributed by atoms with Gasteiger partial charge >= 0.3 is 6.18 Å². The maximum Gasteiger partial charge on any atom is 0.416 e. The van der Waals surface area contributed by atoms with E-state index in [1.54, 1.807) is 4.57 Å². The summed E-state index contributed by atoms with van der Waals surface area (Å²) in [6, 6.07) is 3.21. The molecule has 1 saturated carbocycles. The summed E-state index contributed by atoms with van der Waals surface area (Å²) in [4.78, 5) is 33.0. The third-order valence-electron chi connectivity index (χ3n) is 6.69. The maximum atomic E-state index is 13.5. The van der Waals surface area contributed by atoms with Crippen LogP contribution in [-0.2, 0) is 23.9 Å². The summed E-state index contributed by atoms with van der Waals surface area (Å²) >= 11 is 9.23. The lowest BCUT2D eigenvalue weighted by molar-refractivity contribution is -0.137. The van der Waals surface area contributed by atoms with Crippen molar-refractivity contribution >= 4 is 50.6 Å². The number of carbonyl (C=O) groups is 1. The van der Waals surface area contributed by atoms with Gasteiger partial charge in [-0.1, -0.05) is 18.5 Å². The molecule has 1 amide bonds. The number of hydrogen-bond donors (Lipinski definition) is 2. The number of hydrogen-bond acceptors (Lipinski definition) is 6. The van der Waals surface area contributed by atoms with E-state index in [0.717, 1.165) is 37.6 Å². The van der Waals surface area contributed by atoms with Crippen LogP contribution in [0.25, 0.3) is 5.78 Å². The van der Waals surface area contributed by atoms with Crippen molar-refractivity contribution < 1.29 is 18.0 Å². The van der Waals surface area contributed by atoms with E-state index in [2.05, 4.69) is 41.5 Å². The zero-order chi connectivity index (χ0) is 25.8. The summed E-state index contributed by atoms with van der Waals surface area (Å²) in [6.07, 6.45) is -2.12. The molecule has 1 saturated heterocycles. The summed E-state index contributed by atoms with van der Waals surface area (Å²) in [5.74, 6) is -0.356. The van der Waals surface area contributed by atoms with E-state index >= 15 is 0 Å². The number of alkyl halides is 3. The topological polar surface area (TPSA) is 96.6 Å². The number of nitrogens with zero attached hydrogens (tertiary/aromatic N) is 5. The maximum absolute atomic E-state index is 13.5. The van der Waals surface area contributed by atoms with E-state index in [9.17, 15) is 22.8 Å². The lowest BCUT2D eigenvalue weighted by Crippen LogP contribution is -2.64. The van der Waals surface area contributed by atoms with Gasteiger partial charge in [0.05, 0.1) is 22.0 Å². The molecule has 1 aromatic carbocycles. The second-order valence-corrected chi connectivity index (χ2v) is 9.89. The van der Waals surface area contributed by atoms with E-state index in [0.29, 0.717) is 30.4 Å². The van der Waals surface area contributed by atoms with Crippen molar-refractivity contribution in [1.82, 2.24) is 24.5 Å². The van der Waals surface area contributed by atoms with Gasteiger partial charge in [-0.25, -0.2) is 0 Å². The molecule has 3 aromatic rings. The molecular weight excluding hydrogens is 567 g/mol. The normalized spacial score (nSPS) is 19.8. The Bertz CT molecular complexity index is 1410. The van der Waals surface area contributed by atoms with Crippen LogP contribution in [0.3, 0.4) is 0 Å². The number of piperazine rings is 1. The van der Waals surface area contributed by atoms with Crippen LogP contribution >= 0.6 is 27.5 Å². The highest BCUT2D eigenvalue weighted by atomic mass is 79.9. The van der Waals surface area contributed by atoms with Gasteiger partial charge in [0.2, 0.25) is 16.4 Å². The SMILES string of the molecule is CCc1c(N2CCN[C@@H]3CC[C@H]32)c(=O)n2nc(Br)nc2n1CC(=O)Nc1ccc(C(F)(F)F)cc1Cl. The van der Waals surface area contributed by atoms with E-state index in [1.807, 2.05) is 6.92 Å². The van der Waals surface area contributed by atoms with E-state index in [1.165, 1.54) is 4.52 Å². The van der Waals surface area contributed by atoms with Crippen molar-refractivity contribution in [1.29, 1.82) is 0 Å². The number of fused-ring (bicyclic) bond motifs is 2. The van der Waals surface area contributed by atoms with Gasteiger partial charge in [-0.15, -0.1) is 5.10 Å². The number of carbonyl (C=O) groups excluding carboxylic acids is 1. The van der Waals surface area contributed by atoms with E-state index in [-0.39, 0.29) is 39.4 Å². The third-order valence-corrected chi connectivity index (χ3v) is 7.34. The Morgan fingerprint density at radius 2 is 2.11 bits per heavy atom. The number of nitrogens with one attached hydrogen (secondary N) is 2. The van der Waals surface area contributed by atoms with Crippen molar-refractivity contribution in [2.24, 2.45) is 0 Å². The number of rotatable bonds is 5. The average molecular weight is 589 g/mol. The highest BCUT2D eigenvalue weighted by Crippen LogP contribution is 2.35. The zero-order valence-electron chi connectivity index (χ0n) is 19.1.